The number of benzene rings is 1. The molecule has 1 aromatic carbocycles. The maximum atomic E-state index is 13.9. The summed E-state index contributed by atoms with van der Waals surface area (Å²) in [5, 5.41) is 24.8. The molecule has 3 N–H and O–H groups in total. The predicted molar refractivity (Wildman–Crippen MR) is 121 cm³/mol. The molecule has 9 atom stereocenters. The van der Waals surface area contributed by atoms with Crippen LogP contribution in [0.15, 0.2) is 24.3 Å². The number of fused-ring (bicyclic) bond motifs is 6. The molecule has 0 unspecified atom stereocenters. The van der Waals surface area contributed by atoms with Crippen LogP contribution in [0.25, 0.3) is 0 Å². The van der Waals surface area contributed by atoms with E-state index in [1.807, 2.05) is 12.1 Å². The van der Waals surface area contributed by atoms with Crippen LogP contribution in [-0.4, -0.2) is 28.0 Å². The molecule has 0 radical (unpaired) electrons. The van der Waals surface area contributed by atoms with Gasteiger partial charge in [-0.25, -0.2) is 0 Å². The molecule has 0 spiro atoms. The summed E-state index contributed by atoms with van der Waals surface area (Å²) >= 11 is 0. The average molecular weight is 438 g/mol. The van der Waals surface area contributed by atoms with E-state index in [9.17, 15) is 19.8 Å². The van der Waals surface area contributed by atoms with E-state index < -0.39 is 22.8 Å². The summed E-state index contributed by atoms with van der Waals surface area (Å²) in [6.07, 6.45) is 7.41. The molecule has 1 amide bonds. The molecule has 5 heteroatoms. The molecular weight excluding hydrogens is 402 g/mol. The quantitative estimate of drug-likeness (QED) is 0.619. The van der Waals surface area contributed by atoms with Crippen molar-refractivity contribution in [1.29, 1.82) is 0 Å². The van der Waals surface area contributed by atoms with Crippen LogP contribution in [0.4, 0.5) is 5.69 Å². The highest BCUT2D eigenvalue weighted by Crippen LogP contribution is 2.67. The van der Waals surface area contributed by atoms with Gasteiger partial charge in [-0.3, -0.25) is 9.59 Å². The molecule has 32 heavy (non-hydrogen) atoms. The number of aliphatic hydroxyl groups excluding tert-OH is 1. The van der Waals surface area contributed by atoms with Crippen LogP contribution in [0.5, 0.6) is 0 Å². The second kappa shape index (κ2) is 6.66. The second-order valence-electron chi connectivity index (χ2n) is 12.0. The number of aliphatic hydroxyl groups is 2. The number of carbonyl (C=O) groups excluding carboxylic acids is 2. The Labute approximate surface area is 190 Å². The fraction of sp³-hybridized carbons (Fsp3) is 0.704. The van der Waals surface area contributed by atoms with Gasteiger partial charge >= 0.3 is 0 Å². The molecule has 5 aliphatic rings. The minimum Gasteiger partial charge on any atom is -0.393 e. The van der Waals surface area contributed by atoms with E-state index >= 15 is 0 Å². The predicted octanol–water partition coefficient (Wildman–Crippen LogP) is 4.03. The summed E-state index contributed by atoms with van der Waals surface area (Å²) < 4.78 is 0. The van der Waals surface area contributed by atoms with E-state index in [1.165, 1.54) is 0 Å². The lowest BCUT2D eigenvalue weighted by atomic mass is 9.45. The molecule has 6 rings (SSSR count). The third-order valence-electron chi connectivity index (χ3n) is 10.8. The van der Waals surface area contributed by atoms with Gasteiger partial charge in [-0.15, -0.1) is 0 Å². The molecule has 0 aromatic heterocycles. The fourth-order valence-corrected chi connectivity index (χ4v) is 9.03. The molecule has 1 heterocycles. The highest BCUT2D eigenvalue weighted by Gasteiger charge is 2.67. The summed E-state index contributed by atoms with van der Waals surface area (Å²) in [6, 6.07) is 7.25. The van der Waals surface area contributed by atoms with Crippen LogP contribution in [0, 0.1) is 40.4 Å². The van der Waals surface area contributed by atoms with Gasteiger partial charge in [0.05, 0.1) is 12.0 Å². The lowest BCUT2D eigenvalue weighted by molar-refractivity contribution is -0.151. The van der Waals surface area contributed by atoms with E-state index in [1.54, 1.807) is 12.1 Å². The zero-order valence-electron chi connectivity index (χ0n) is 19.1. The van der Waals surface area contributed by atoms with Crippen molar-refractivity contribution in [3.8, 4) is 0 Å². The first kappa shape index (κ1) is 20.9. The molecular formula is C27H35NO4. The van der Waals surface area contributed by atoms with Gasteiger partial charge in [-0.05, 0) is 86.5 Å². The number of rotatable bonds is 1. The van der Waals surface area contributed by atoms with Gasteiger partial charge in [0.2, 0.25) is 0 Å². The first-order valence-electron chi connectivity index (χ1n) is 12.6. The van der Waals surface area contributed by atoms with Crippen LogP contribution in [0.1, 0.15) is 70.8 Å². The molecule has 0 saturated heterocycles. The Morgan fingerprint density at radius 1 is 0.969 bits per heavy atom. The monoisotopic (exact) mass is 437 g/mol. The molecule has 4 saturated carbocycles. The number of anilines is 1. The minimum absolute atomic E-state index is 0.0849. The van der Waals surface area contributed by atoms with E-state index in [0.29, 0.717) is 35.4 Å². The van der Waals surface area contributed by atoms with Crippen molar-refractivity contribution in [3.63, 3.8) is 0 Å². The number of para-hydroxylation sites is 1. The number of carbonyl (C=O) groups is 2. The zero-order chi connectivity index (χ0) is 22.5. The molecule has 172 valence electrons. The number of amides is 1. The minimum atomic E-state index is -1.76. The molecule has 5 nitrogen and oxygen atoms in total. The van der Waals surface area contributed by atoms with Gasteiger partial charge in [0, 0.05) is 16.7 Å². The van der Waals surface area contributed by atoms with Crippen LogP contribution < -0.4 is 5.32 Å². The maximum absolute atomic E-state index is 13.9. The molecule has 1 aromatic rings. The van der Waals surface area contributed by atoms with Gasteiger partial charge < -0.3 is 15.5 Å². The first-order valence-corrected chi connectivity index (χ1v) is 12.6. The van der Waals surface area contributed by atoms with Gasteiger partial charge in [-0.2, -0.15) is 0 Å². The SMILES string of the molecule is C[C@]12CC[C@H](O)C[C@H]1CC[C@@H]1[C@@H]2CC[C@]2(C)C(=O)[C@@H]([C@@]3(O)C(=O)Nc4ccccc43)C[C@@H]12. The van der Waals surface area contributed by atoms with Crippen molar-refractivity contribution in [1.82, 2.24) is 0 Å². The third-order valence-corrected chi connectivity index (χ3v) is 10.8. The Morgan fingerprint density at radius 2 is 1.75 bits per heavy atom. The summed E-state index contributed by atoms with van der Waals surface area (Å²) in [4.78, 5) is 26.9. The number of hydrogen-bond donors (Lipinski definition) is 3. The van der Waals surface area contributed by atoms with Crippen LogP contribution >= 0.6 is 0 Å². The summed E-state index contributed by atoms with van der Waals surface area (Å²) in [5.41, 5.74) is -0.812. The molecule has 0 bridgehead atoms. The van der Waals surface area contributed by atoms with Crippen LogP contribution in [0.3, 0.4) is 0 Å². The number of nitrogens with one attached hydrogen (secondary N) is 1. The Kier molecular flexibility index (Phi) is 4.34. The summed E-state index contributed by atoms with van der Waals surface area (Å²) in [5.74, 6) is 0.766. The van der Waals surface area contributed by atoms with Gasteiger partial charge in [0.15, 0.2) is 5.60 Å². The highest BCUT2D eigenvalue weighted by molar-refractivity contribution is 6.09. The van der Waals surface area contributed by atoms with E-state index in [2.05, 4.69) is 19.2 Å². The van der Waals surface area contributed by atoms with Crippen molar-refractivity contribution in [3.05, 3.63) is 29.8 Å². The lowest BCUT2D eigenvalue weighted by Gasteiger charge is -2.60. The smallest absolute Gasteiger partial charge is 0.261 e. The van der Waals surface area contributed by atoms with Crippen molar-refractivity contribution in [2.75, 3.05) is 5.32 Å². The Bertz CT molecular complexity index is 992. The highest BCUT2D eigenvalue weighted by atomic mass is 16.3. The van der Waals surface area contributed by atoms with Gasteiger partial charge in [0.25, 0.3) is 5.91 Å². The number of ketones is 1. The fourth-order valence-electron chi connectivity index (χ4n) is 9.03. The van der Waals surface area contributed by atoms with E-state index in [-0.39, 0.29) is 23.2 Å². The van der Waals surface area contributed by atoms with E-state index in [0.717, 1.165) is 44.9 Å². The van der Waals surface area contributed by atoms with Crippen molar-refractivity contribution >= 4 is 17.4 Å². The summed E-state index contributed by atoms with van der Waals surface area (Å²) in [6.45, 7) is 4.54. The zero-order valence-corrected chi connectivity index (χ0v) is 19.1. The standard InChI is InChI=1S/C27H35NO4/c1-25-11-9-16(29)13-15(25)7-8-17-18(25)10-12-26(2)20(17)14-21(23(26)30)27(32)19-5-3-4-6-22(19)28-24(27)31/h3-6,15-18,20-21,29,32H,7-14H2,1-2H3,(H,28,31)/t15-,16+,17-,18+,20+,21+,25+,26+,27-/m1/s1. The molecule has 1 aliphatic heterocycles. The Balaban J connectivity index is 1.35. The normalized spacial score (nSPS) is 49.6. The molecule has 4 aliphatic carbocycles. The average Bonchev–Trinajstić information content (AvgIpc) is 3.20. The van der Waals surface area contributed by atoms with Crippen molar-refractivity contribution in [2.45, 2.75) is 76.9 Å². The van der Waals surface area contributed by atoms with Gasteiger partial charge in [0.1, 0.15) is 5.78 Å². The second-order valence-corrected chi connectivity index (χ2v) is 12.0. The van der Waals surface area contributed by atoms with Crippen molar-refractivity contribution in [2.24, 2.45) is 40.4 Å². The largest absolute Gasteiger partial charge is 0.393 e. The van der Waals surface area contributed by atoms with Crippen molar-refractivity contribution < 1.29 is 19.8 Å². The maximum Gasteiger partial charge on any atom is 0.261 e. The summed E-state index contributed by atoms with van der Waals surface area (Å²) in [7, 11) is 0. The van der Waals surface area contributed by atoms with Crippen LogP contribution in [0.2, 0.25) is 0 Å². The van der Waals surface area contributed by atoms with Gasteiger partial charge in [-0.1, -0.05) is 32.0 Å². The first-order chi connectivity index (χ1) is 15.2. The third kappa shape index (κ3) is 2.47. The Hall–Kier alpha value is -1.72. The Morgan fingerprint density at radius 3 is 2.56 bits per heavy atom. The topological polar surface area (TPSA) is 86.6 Å². The van der Waals surface area contributed by atoms with E-state index in [4.69, 9.17) is 0 Å². The number of Topliss-reactive ketones (excluding diaryl/α,β-unsaturated/α-hetero) is 1. The molecule has 4 fully saturated rings. The number of hydrogen-bond acceptors (Lipinski definition) is 4. The lowest BCUT2D eigenvalue weighted by Crippen LogP contribution is -2.54. The van der Waals surface area contributed by atoms with Crippen LogP contribution in [-0.2, 0) is 15.2 Å².